The predicted molar refractivity (Wildman–Crippen MR) is 130 cm³/mol. The van der Waals surface area contributed by atoms with E-state index < -0.39 is 60.5 Å². The third-order valence-electron chi connectivity index (χ3n) is 7.20. The standard InChI is InChI=1S/C28H22F5N3O4/c1-16(28(31,32)33)35(14-17-2-5-20(29)6-3-17)24(37)15-36-25(38)27(40-26(36)39)11-10-18-12-19(4-8-22(18)27)23-9-7-21(30)13-34-23/h2-9,12-13,16H,10-11,14-15H2,1H3/t16-,27+/m0/s1. The van der Waals surface area contributed by atoms with E-state index in [9.17, 15) is 36.3 Å². The Bertz CT molecular complexity index is 1480. The molecule has 0 radical (unpaired) electrons. The molecule has 7 nitrogen and oxygen atoms in total. The zero-order valence-corrected chi connectivity index (χ0v) is 21.0. The first-order valence-electron chi connectivity index (χ1n) is 12.3. The molecule has 2 aromatic carbocycles. The van der Waals surface area contributed by atoms with Gasteiger partial charge in [-0.25, -0.2) is 18.5 Å². The van der Waals surface area contributed by atoms with Crippen molar-refractivity contribution in [2.75, 3.05) is 6.54 Å². The quantitative estimate of drug-likeness (QED) is 0.392. The summed E-state index contributed by atoms with van der Waals surface area (Å²) in [6.07, 6.45) is -4.45. The lowest BCUT2D eigenvalue weighted by molar-refractivity contribution is -0.187. The highest BCUT2D eigenvalue weighted by atomic mass is 19.4. The first kappa shape index (κ1) is 27.2. The van der Waals surface area contributed by atoms with Crippen LogP contribution in [-0.2, 0) is 32.9 Å². The Kier molecular flexibility index (Phi) is 6.80. The Morgan fingerprint density at radius 1 is 1.07 bits per heavy atom. The number of ether oxygens (including phenoxy) is 1. The van der Waals surface area contributed by atoms with Crippen molar-refractivity contribution in [2.45, 2.75) is 44.1 Å². The topological polar surface area (TPSA) is 79.8 Å². The molecule has 0 bridgehead atoms. The average molecular weight is 559 g/mol. The van der Waals surface area contributed by atoms with Gasteiger partial charge in [0.1, 0.15) is 24.2 Å². The minimum absolute atomic E-state index is 0.0795. The van der Waals surface area contributed by atoms with E-state index in [0.717, 1.165) is 25.3 Å². The van der Waals surface area contributed by atoms with Gasteiger partial charge < -0.3 is 9.64 Å². The lowest BCUT2D eigenvalue weighted by Crippen LogP contribution is -2.51. The van der Waals surface area contributed by atoms with Crippen LogP contribution in [0.4, 0.5) is 26.7 Å². The number of carbonyl (C=O) groups excluding carboxylic acids is 3. The third-order valence-corrected chi connectivity index (χ3v) is 7.20. The first-order chi connectivity index (χ1) is 18.9. The van der Waals surface area contributed by atoms with Crippen LogP contribution in [0, 0.1) is 11.6 Å². The van der Waals surface area contributed by atoms with E-state index in [2.05, 4.69) is 4.98 Å². The van der Waals surface area contributed by atoms with Crippen molar-refractivity contribution in [3.05, 3.63) is 89.1 Å². The second-order valence-electron chi connectivity index (χ2n) is 9.69. The fraction of sp³-hybridized carbons (Fsp3) is 0.286. The van der Waals surface area contributed by atoms with Crippen molar-refractivity contribution in [3.63, 3.8) is 0 Å². The molecule has 1 aromatic heterocycles. The van der Waals surface area contributed by atoms with Gasteiger partial charge in [0, 0.05) is 24.1 Å². The second kappa shape index (κ2) is 10.00. The molecule has 0 saturated carbocycles. The Hall–Kier alpha value is -4.35. The molecule has 0 unspecified atom stereocenters. The Labute approximate surface area is 225 Å². The molecule has 12 heteroatoms. The van der Waals surface area contributed by atoms with Gasteiger partial charge in [-0.1, -0.05) is 24.3 Å². The van der Waals surface area contributed by atoms with Crippen LogP contribution < -0.4 is 0 Å². The predicted octanol–water partition coefficient (Wildman–Crippen LogP) is 5.13. The summed E-state index contributed by atoms with van der Waals surface area (Å²) < 4.78 is 72.9. The number of aromatic nitrogens is 1. The van der Waals surface area contributed by atoms with Crippen molar-refractivity contribution in [1.29, 1.82) is 0 Å². The van der Waals surface area contributed by atoms with Crippen molar-refractivity contribution in [1.82, 2.24) is 14.8 Å². The average Bonchev–Trinajstić information content (AvgIpc) is 3.39. The van der Waals surface area contributed by atoms with Crippen molar-refractivity contribution >= 4 is 17.9 Å². The molecular formula is C28H22F5N3O4. The SMILES string of the molecule is C[C@H](N(Cc1ccc(F)cc1)C(=O)CN1C(=O)O[C@@]2(CCc3cc(-c4ccc(F)cn4)ccc32)C1=O)C(F)(F)F. The number of alkyl halides is 3. The van der Waals surface area contributed by atoms with Crippen LogP contribution in [0.15, 0.2) is 60.8 Å². The highest BCUT2D eigenvalue weighted by molar-refractivity contribution is 6.06. The number of amides is 3. The van der Waals surface area contributed by atoms with Gasteiger partial charge >= 0.3 is 12.3 Å². The summed E-state index contributed by atoms with van der Waals surface area (Å²) in [4.78, 5) is 44.5. The fourth-order valence-corrected chi connectivity index (χ4v) is 4.99. The van der Waals surface area contributed by atoms with Crippen LogP contribution in [0.3, 0.4) is 0 Å². The van der Waals surface area contributed by atoms with E-state index in [0.29, 0.717) is 38.6 Å². The molecule has 2 heterocycles. The zero-order chi connectivity index (χ0) is 28.8. The van der Waals surface area contributed by atoms with Gasteiger partial charge in [-0.3, -0.25) is 14.6 Å². The first-order valence-corrected chi connectivity index (χ1v) is 12.3. The Morgan fingerprint density at radius 2 is 1.77 bits per heavy atom. The summed E-state index contributed by atoms with van der Waals surface area (Å²) in [5.41, 5.74) is 0.747. The monoisotopic (exact) mass is 559 g/mol. The molecule has 1 saturated heterocycles. The van der Waals surface area contributed by atoms with E-state index in [-0.39, 0.29) is 12.0 Å². The molecule has 3 aromatic rings. The van der Waals surface area contributed by atoms with Crippen molar-refractivity contribution < 1.29 is 41.1 Å². The maximum atomic E-state index is 13.6. The summed E-state index contributed by atoms with van der Waals surface area (Å²) in [7, 11) is 0. The number of pyridine rings is 1. The van der Waals surface area contributed by atoms with E-state index >= 15 is 0 Å². The van der Waals surface area contributed by atoms with Gasteiger partial charge in [-0.2, -0.15) is 13.2 Å². The normalized spacial score (nSPS) is 19.1. The van der Waals surface area contributed by atoms with Gasteiger partial charge in [0.15, 0.2) is 0 Å². The number of hydrogen-bond acceptors (Lipinski definition) is 5. The zero-order valence-electron chi connectivity index (χ0n) is 21.0. The number of carbonyl (C=O) groups is 3. The van der Waals surface area contributed by atoms with Gasteiger partial charge in [-0.05, 0) is 54.8 Å². The summed E-state index contributed by atoms with van der Waals surface area (Å²) >= 11 is 0. The largest absolute Gasteiger partial charge is 0.427 e. The number of hydrogen-bond donors (Lipinski definition) is 0. The molecule has 1 spiro atoms. The fourth-order valence-electron chi connectivity index (χ4n) is 4.99. The smallest absolute Gasteiger partial charge is 0.418 e. The second-order valence-corrected chi connectivity index (χ2v) is 9.69. The van der Waals surface area contributed by atoms with E-state index in [1.54, 1.807) is 18.2 Å². The number of halogens is 5. The molecule has 1 fully saturated rings. The number of rotatable bonds is 6. The third kappa shape index (κ3) is 4.89. The molecule has 1 aliphatic carbocycles. The van der Waals surface area contributed by atoms with Gasteiger partial charge in [0.2, 0.25) is 11.5 Å². The number of imide groups is 1. The van der Waals surface area contributed by atoms with Crippen molar-refractivity contribution in [2.24, 2.45) is 0 Å². The highest BCUT2D eigenvalue weighted by Gasteiger charge is 2.58. The van der Waals surface area contributed by atoms with E-state index in [1.165, 1.54) is 24.3 Å². The summed E-state index contributed by atoms with van der Waals surface area (Å²) in [6.45, 7) is -0.702. The molecule has 2 atom stereocenters. The van der Waals surface area contributed by atoms with E-state index in [1.807, 2.05) is 0 Å². The summed E-state index contributed by atoms with van der Waals surface area (Å²) in [5, 5.41) is 0. The molecule has 5 rings (SSSR count). The molecule has 0 N–H and O–H groups in total. The molecule has 3 amide bonds. The van der Waals surface area contributed by atoms with Crippen LogP contribution >= 0.6 is 0 Å². The minimum Gasteiger partial charge on any atom is -0.427 e. The number of fused-ring (bicyclic) bond motifs is 2. The van der Waals surface area contributed by atoms with Gasteiger partial charge in [0.25, 0.3) is 5.91 Å². The minimum atomic E-state index is -4.80. The molecular weight excluding hydrogens is 537 g/mol. The Morgan fingerprint density at radius 3 is 2.42 bits per heavy atom. The van der Waals surface area contributed by atoms with Crippen LogP contribution in [-0.4, -0.2) is 51.5 Å². The number of benzene rings is 2. The van der Waals surface area contributed by atoms with Crippen LogP contribution in [0.25, 0.3) is 11.3 Å². The molecule has 1 aliphatic heterocycles. The maximum absolute atomic E-state index is 13.6. The van der Waals surface area contributed by atoms with Crippen LogP contribution in [0.5, 0.6) is 0 Å². The van der Waals surface area contributed by atoms with Gasteiger partial charge in [0.05, 0.1) is 11.9 Å². The molecule has 40 heavy (non-hydrogen) atoms. The lowest BCUT2D eigenvalue weighted by atomic mass is 9.93. The van der Waals surface area contributed by atoms with E-state index in [4.69, 9.17) is 4.74 Å². The summed E-state index contributed by atoms with van der Waals surface area (Å²) in [5.74, 6) is -3.08. The molecule has 2 aliphatic rings. The number of nitrogens with zero attached hydrogens (tertiary/aromatic N) is 3. The van der Waals surface area contributed by atoms with Gasteiger partial charge in [-0.15, -0.1) is 0 Å². The summed E-state index contributed by atoms with van der Waals surface area (Å²) in [6, 6.07) is 10.1. The van der Waals surface area contributed by atoms with Crippen LogP contribution in [0.2, 0.25) is 0 Å². The van der Waals surface area contributed by atoms with Crippen LogP contribution in [0.1, 0.15) is 30.0 Å². The number of aryl methyl sites for hydroxylation is 1. The highest BCUT2D eigenvalue weighted by Crippen LogP contribution is 2.46. The maximum Gasteiger partial charge on any atom is 0.418 e. The van der Waals surface area contributed by atoms with Crippen molar-refractivity contribution in [3.8, 4) is 11.3 Å². The molecule has 208 valence electrons. The Balaban J connectivity index is 1.38. The lowest BCUT2D eigenvalue weighted by Gasteiger charge is -2.31.